The first kappa shape index (κ1) is 22.9. The molecule has 3 amide bonds. The number of halogens is 1. The van der Waals surface area contributed by atoms with E-state index >= 15 is 0 Å². The van der Waals surface area contributed by atoms with Crippen LogP contribution in [0, 0.1) is 11.2 Å². The van der Waals surface area contributed by atoms with Crippen LogP contribution in [0.1, 0.15) is 6.92 Å². The Balaban J connectivity index is 1.39. The Morgan fingerprint density at radius 3 is 2.00 bits per heavy atom. The lowest BCUT2D eigenvalue weighted by Crippen LogP contribution is -2.59. The van der Waals surface area contributed by atoms with E-state index in [2.05, 4.69) is 20.9 Å². The lowest BCUT2D eigenvalue weighted by Gasteiger charge is -2.38. The SMILES string of the molecule is CC(=O)Nc1cc(Oc2ccc(NC(=O)C3(C(=O)Nc4ccc(F)cc4)COC3)cc2)ccn1. The molecule has 9 nitrogen and oxygen atoms in total. The van der Waals surface area contributed by atoms with Crippen LogP contribution in [0.15, 0.2) is 66.9 Å². The summed E-state index contributed by atoms with van der Waals surface area (Å²) in [6, 6.07) is 15.1. The van der Waals surface area contributed by atoms with Gasteiger partial charge in [-0.1, -0.05) is 0 Å². The number of aromatic nitrogens is 1. The highest BCUT2D eigenvalue weighted by Gasteiger charge is 2.52. The summed E-state index contributed by atoms with van der Waals surface area (Å²) in [5.41, 5.74) is -0.544. The van der Waals surface area contributed by atoms with E-state index in [4.69, 9.17) is 9.47 Å². The summed E-state index contributed by atoms with van der Waals surface area (Å²) >= 11 is 0. The minimum absolute atomic E-state index is 0.0638. The molecule has 0 atom stereocenters. The zero-order valence-corrected chi connectivity index (χ0v) is 18.1. The second-order valence-corrected chi connectivity index (χ2v) is 7.67. The zero-order chi connectivity index (χ0) is 24.1. The summed E-state index contributed by atoms with van der Waals surface area (Å²) in [6.07, 6.45) is 1.51. The summed E-state index contributed by atoms with van der Waals surface area (Å²) < 4.78 is 24.0. The van der Waals surface area contributed by atoms with Crippen LogP contribution in [0.4, 0.5) is 21.6 Å². The number of benzene rings is 2. The number of nitrogens with zero attached hydrogens (tertiary/aromatic N) is 1. The average molecular weight is 464 g/mol. The first-order valence-corrected chi connectivity index (χ1v) is 10.3. The third-order valence-electron chi connectivity index (χ3n) is 5.05. The Labute approximate surface area is 194 Å². The number of rotatable bonds is 7. The summed E-state index contributed by atoms with van der Waals surface area (Å²) in [7, 11) is 0. The van der Waals surface area contributed by atoms with E-state index in [0.29, 0.717) is 28.7 Å². The fourth-order valence-corrected chi connectivity index (χ4v) is 3.17. The number of anilines is 3. The van der Waals surface area contributed by atoms with Gasteiger partial charge in [-0.15, -0.1) is 0 Å². The van der Waals surface area contributed by atoms with Crippen molar-refractivity contribution in [1.29, 1.82) is 0 Å². The molecule has 0 spiro atoms. The van der Waals surface area contributed by atoms with Gasteiger partial charge in [0, 0.05) is 30.6 Å². The molecule has 174 valence electrons. The third kappa shape index (κ3) is 5.18. The van der Waals surface area contributed by atoms with E-state index in [1.165, 1.54) is 37.4 Å². The van der Waals surface area contributed by atoms with Gasteiger partial charge < -0.3 is 25.4 Å². The molecule has 3 N–H and O–H groups in total. The van der Waals surface area contributed by atoms with Crippen LogP contribution >= 0.6 is 0 Å². The number of carbonyl (C=O) groups is 3. The van der Waals surface area contributed by atoms with Gasteiger partial charge in [0.05, 0.1) is 13.2 Å². The molecule has 1 aromatic heterocycles. The lowest BCUT2D eigenvalue weighted by atomic mass is 9.83. The Morgan fingerprint density at radius 2 is 1.47 bits per heavy atom. The standard InChI is InChI=1S/C24H21FN4O5/c1-15(30)27-21-12-20(10-11-26-21)34-19-8-6-18(7-9-19)29-23(32)24(13-33-14-24)22(31)28-17-4-2-16(25)3-5-17/h2-12H,13-14H2,1H3,(H,28,31)(H,29,32)(H,26,27,30). The summed E-state index contributed by atoms with van der Waals surface area (Å²) in [5, 5.41) is 7.94. The Bertz CT molecular complexity index is 1210. The van der Waals surface area contributed by atoms with Gasteiger partial charge in [0.25, 0.3) is 0 Å². The Hall–Kier alpha value is -4.31. The summed E-state index contributed by atoms with van der Waals surface area (Å²) in [6.45, 7) is 1.26. The molecule has 1 fully saturated rings. The summed E-state index contributed by atoms with van der Waals surface area (Å²) in [5.74, 6) is -0.391. The normalized spacial score (nSPS) is 13.8. The van der Waals surface area contributed by atoms with Crippen LogP contribution in [0.25, 0.3) is 0 Å². The predicted molar refractivity (Wildman–Crippen MR) is 122 cm³/mol. The van der Waals surface area contributed by atoms with Gasteiger partial charge in [-0.25, -0.2) is 9.37 Å². The third-order valence-corrected chi connectivity index (χ3v) is 5.05. The minimum Gasteiger partial charge on any atom is -0.457 e. The maximum atomic E-state index is 13.1. The van der Waals surface area contributed by atoms with Crippen LogP contribution in [-0.2, 0) is 19.1 Å². The highest BCUT2D eigenvalue weighted by atomic mass is 19.1. The van der Waals surface area contributed by atoms with Gasteiger partial charge in [0.2, 0.25) is 17.7 Å². The number of ether oxygens (including phenoxy) is 2. The van der Waals surface area contributed by atoms with Crippen LogP contribution in [0.5, 0.6) is 11.5 Å². The second kappa shape index (κ2) is 9.67. The number of hydrogen-bond donors (Lipinski definition) is 3. The molecular formula is C24H21FN4O5. The first-order valence-electron chi connectivity index (χ1n) is 10.3. The first-order chi connectivity index (χ1) is 16.3. The molecule has 3 aromatic rings. The number of amides is 3. The van der Waals surface area contributed by atoms with Gasteiger partial charge in [-0.05, 0) is 54.6 Å². The maximum Gasteiger partial charge on any atom is 0.244 e. The molecule has 2 aromatic carbocycles. The smallest absolute Gasteiger partial charge is 0.244 e. The molecule has 10 heteroatoms. The molecular weight excluding hydrogens is 443 g/mol. The van der Waals surface area contributed by atoms with Gasteiger partial charge in [0.1, 0.15) is 23.1 Å². The fourth-order valence-electron chi connectivity index (χ4n) is 3.17. The molecule has 0 saturated carbocycles. The van der Waals surface area contributed by atoms with Crippen molar-refractivity contribution in [2.24, 2.45) is 5.41 Å². The number of pyridine rings is 1. The molecule has 0 radical (unpaired) electrons. The zero-order valence-electron chi connectivity index (χ0n) is 18.1. The molecule has 0 bridgehead atoms. The second-order valence-electron chi connectivity index (χ2n) is 7.67. The van der Waals surface area contributed by atoms with Crippen molar-refractivity contribution in [3.63, 3.8) is 0 Å². The molecule has 1 aliphatic rings. The molecule has 1 saturated heterocycles. The predicted octanol–water partition coefficient (Wildman–Crippen LogP) is 3.57. The molecule has 2 heterocycles. The highest BCUT2D eigenvalue weighted by Crippen LogP contribution is 2.32. The van der Waals surface area contributed by atoms with Gasteiger partial charge in [-0.2, -0.15) is 0 Å². The lowest BCUT2D eigenvalue weighted by molar-refractivity contribution is -0.166. The van der Waals surface area contributed by atoms with Crippen molar-refractivity contribution in [3.8, 4) is 11.5 Å². The largest absolute Gasteiger partial charge is 0.457 e. The van der Waals surface area contributed by atoms with Crippen LogP contribution in [0.3, 0.4) is 0 Å². The topological polar surface area (TPSA) is 119 Å². The van der Waals surface area contributed by atoms with Crippen molar-refractivity contribution < 1.29 is 28.2 Å². The number of hydrogen-bond acceptors (Lipinski definition) is 6. The van der Waals surface area contributed by atoms with E-state index < -0.39 is 23.0 Å². The van der Waals surface area contributed by atoms with Crippen LogP contribution in [0.2, 0.25) is 0 Å². The monoisotopic (exact) mass is 464 g/mol. The van der Waals surface area contributed by atoms with Crippen molar-refractivity contribution in [1.82, 2.24) is 4.98 Å². The Kier molecular flexibility index (Phi) is 6.51. The van der Waals surface area contributed by atoms with Crippen molar-refractivity contribution >= 4 is 34.9 Å². The highest BCUT2D eigenvalue weighted by molar-refractivity contribution is 6.15. The van der Waals surface area contributed by atoms with Crippen LogP contribution in [-0.4, -0.2) is 35.9 Å². The van der Waals surface area contributed by atoms with E-state index in [1.807, 2.05) is 0 Å². The minimum atomic E-state index is -1.39. The fraction of sp³-hybridized carbons (Fsp3) is 0.167. The molecule has 4 rings (SSSR count). The van der Waals surface area contributed by atoms with Gasteiger partial charge in [0.15, 0.2) is 5.41 Å². The average Bonchev–Trinajstić information content (AvgIpc) is 2.76. The van der Waals surface area contributed by atoms with Gasteiger partial charge in [-0.3, -0.25) is 14.4 Å². The van der Waals surface area contributed by atoms with E-state index in [1.54, 1.807) is 36.4 Å². The molecule has 34 heavy (non-hydrogen) atoms. The van der Waals surface area contributed by atoms with Crippen molar-refractivity contribution in [3.05, 3.63) is 72.7 Å². The molecule has 1 aliphatic heterocycles. The van der Waals surface area contributed by atoms with Crippen LogP contribution < -0.4 is 20.7 Å². The maximum absolute atomic E-state index is 13.1. The van der Waals surface area contributed by atoms with E-state index in [0.717, 1.165) is 0 Å². The summed E-state index contributed by atoms with van der Waals surface area (Å²) in [4.78, 5) is 40.9. The number of carbonyl (C=O) groups excluding carboxylic acids is 3. The van der Waals surface area contributed by atoms with Crippen molar-refractivity contribution in [2.45, 2.75) is 6.92 Å². The number of nitrogens with one attached hydrogen (secondary N) is 3. The van der Waals surface area contributed by atoms with E-state index in [-0.39, 0.29) is 19.1 Å². The molecule has 0 aliphatic carbocycles. The van der Waals surface area contributed by atoms with Crippen molar-refractivity contribution in [2.75, 3.05) is 29.2 Å². The molecule has 0 unspecified atom stereocenters. The quantitative estimate of drug-likeness (QED) is 0.460. The Morgan fingerprint density at radius 1 is 0.882 bits per heavy atom. The van der Waals surface area contributed by atoms with Gasteiger partial charge >= 0.3 is 0 Å². The van der Waals surface area contributed by atoms with E-state index in [9.17, 15) is 18.8 Å².